The van der Waals surface area contributed by atoms with E-state index in [0.29, 0.717) is 0 Å². The number of ketones is 1. The van der Waals surface area contributed by atoms with Crippen LogP contribution in [-0.4, -0.2) is 18.4 Å². The first-order valence-electron chi connectivity index (χ1n) is 6.18. The molecule has 0 unspecified atom stereocenters. The predicted molar refractivity (Wildman–Crippen MR) is 41.1 cm³/mol. The van der Waals surface area contributed by atoms with Crippen molar-refractivity contribution in [1.29, 1.82) is 0 Å². The first-order valence-corrected chi connectivity index (χ1v) is 3.18. The monoisotopic (exact) mass is 164 g/mol. The molecule has 0 heterocycles. The Morgan fingerprint density at radius 3 is 2.64 bits per heavy atom. The summed E-state index contributed by atoms with van der Waals surface area (Å²) in [5.74, 6) is -4.22. The van der Waals surface area contributed by atoms with Crippen molar-refractivity contribution >= 4 is 11.8 Å². The highest BCUT2D eigenvalue weighted by atomic mass is 16.5. The summed E-state index contributed by atoms with van der Waals surface area (Å²) < 4.78 is 46.6. The average molecular weight is 164 g/mol. The molecule has 0 amide bonds. The van der Waals surface area contributed by atoms with E-state index in [1.54, 1.807) is 0 Å². The summed E-state index contributed by atoms with van der Waals surface area (Å²) in [6.45, 7) is -4.37. The number of hydrogen-bond donors (Lipinski definition) is 0. The number of carbonyl (C=O) groups excluding carboxylic acids is 2. The van der Waals surface area contributed by atoms with Crippen LogP contribution in [0.3, 0.4) is 0 Å². The molecule has 0 atom stereocenters. The lowest BCUT2D eigenvalue weighted by Gasteiger charge is -2.02. The fourth-order valence-corrected chi connectivity index (χ4v) is 0.456. The van der Waals surface area contributed by atoms with E-state index in [1.807, 2.05) is 0 Å². The van der Waals surface area contributed by atoms with Crippen molar-refractivity contribution in [2.24, 2.45) is 5.92 Å². The first kappa shape index (κ1) is 3.70. The quantitative estimate of drug-likeness (QED) is 0.462. The summed E-state index contributed by atoms with van der Waals surface area (Å²) in [5, 5.41) is 0. The molecule has 0 bridgehead atoms. The second kappa shape index (κ2) is 4.88. The number of Topliss-reactive ketones (excluding diaryl/α,β-unsaturated/α-hetero) is 1. The molecule has 64 valence electrons. The minimum absolute atomic E-state index is 0.0400. The van der Waals surface area contributed by atoms with E-state index >= 15 is 0 Å². The predicted octanol–water partition coefficient (Wildman–Crippen LogP) is 1.16. The van der Waals surface area contributed by atoms with Crippen LogP contribution in [0.25, 0.3) is 0 Å². The Morgan fingerprint density at radius 1 is 1.55 bits per heavy atom. The molecular weight excluding hydrogens is 144 g/mol. The molecule has 11 heavy (non-hydrogen) atoms. The van der Waals surface area contributed by atoms with Gasteiger partial charge in [0, 0.05) is 14.1 Å². The van der Waals surface area contributed by atoms with Crippen LogP contribution in [-0.2, 0) is 14.3 Å². The Kier molecular flexibility index (Phi) is 1.64. The highest BCUT2D eigenvalue weighted by Gasteiger charge is 2.12. The third kappa shape index (κ3) is 4.53. The van der Waals surface area contributed by atoms with E-state index in [9.17, 15) is 9.59 Å². The second-order valence-corrected chi connectivity index (χ2v) is 1.88. The van der Waals surface area contributed by atoms with Crippen LogP contribution >= 0.6 is 0 Å². The zero-order valence-corrected chi connectivity index (χ0v) is 6.22. The Bertz CT molecular complexity index is 279. The molecule has 0 saturated heterocycles. The molecule has 0 radical (unpaired) electrons. The van der Waals surface area contributed by atoms with E-state index in [-0.39, 0.29) is 6.61 Å². The SMILES string of the molecule is [2H]C([2H])([2H])C(C(=O)CC(=O)OCC)C([2H])([2H])[2H]. The number of esters is 1. The Balaban J connectivity index is 4.86. The van der Waals surface area contributed by atoms with E-state index in [4.69, 9.17) is 8.22 Å². The van der Waals surface area contributed by atoms with Crippen molar-refractivity contribution in [2.75, 3.05) is 6.61 Å². The van der Waals surface area contributed by atoms with E-state index in [2.05, 4.69) is 4.74 Å². The van der Waals surface area contributed by atoms with E-state index < -0.39 is 37.8 Å². The van der Waals surface area contributed by atoms with Gasteiger partial charge in [0.2, 0.25) is 0 Å². The van der Waals surface area contributed by atoms with Gasteiger partial charge in [-0.3, -0.25) is 9.59 Å². The molecule has 0 aromatic carbocycles. The van der Waals surface area contributed by atoms with Gasteiger partial charge in [-0.25, -0.2) is 0 Å². The van der Waals surface area contributed by atoms with Crippen molar-refractivity contribution in [1.82, 2.24) is 0 Å². The van der Waals surface area contributed by atoms with Gasteiger partial charge in [0.1, 0.15) is 12.2 Å². The van der Waals surface area contributed by atoms with Crippen LogP contribution in [0.4, 0.5) is 0 Å². The minimum Gasteiger partial charge on any atom is -0.466 e. The summed E-state index contributed by atoms with van der Waals surface area (Å²) in [5.41, 5.74) is 0. The van der Waals surface area contributed by atoms with Gasteiger partial charge in [0.05, 0.1) is 6.61 Å². The van der Waals surface area contributed by atoms with Crippen molar-refractivity contribution in [3.8, 4) is 0 Å². The molecule has 0 saturated carbocycles. The van der Waals surface area contributed by atoms with Crippen LogP contribution in [0.2, 0.25) is 0 Å². The summed E-state index contributed by atoms with van der Waals surface area (Å²) in [7, 11) is 0. The maximum absolute atomic E-state index is 11.5. The van der Waals surface area contributed by atoms with Gasteiger partial charge in [0.25, 0.3) is 0 Å². The maximum atomic E-state index is 11.5. The van der Waals surface area contributed by atoms with Gasteiger partial charge < -0.3 is 4.74 Å². The fourth-order valence-electron chi connectivity index (χ4n) is 0.456. The van der Waals surface area contributed by atoms with Crippen LogP contribution in [0.5, 0.6) is 0 Å². The Hall–Kier alpha value is -0.860. The molecular formula is C8H14O3. The molecule has 0 rings (SSSR count). The number of hydrogen-bond acceptors (Lipinski definition) is 3. The lowest BCUT2D eigenvalue weighted by Crippen LogP contribution is -2.15. The van der Waals surface area contributed by atoms with Crippen LogP contribution in [0.15, 0.2) is 0 Å². The summed E-state index contributed by atoms with van der Waals surface area (Å²) in [4.78, 5) is 22.5. The zero-order valence-electron chi connectivity index (χ0n) is 12.2. The molecule has 0 spiro atoms. The lowest BCUT2D eigenvalue weighted by molar-refractivity contribution is -0.146. The standard InChI is InChI=1S/C8H14O3/c1-4-11-8(10)5-7(9)6(2)3/h6H,4-5H2,1-3H3/i2D3,3D3. The molecule has 0 aliphatic heterocycles. The van der Waals surface area contributed by atoms with Crippen molar-refractivity contribution in [3.05, 3.63) is 0 Å². The molecule has 3 nitrogen and oxygen atoms in total. The lowest BCUT2D eigenvalue weighted by atomic mass is 10.1. The molecule has 0 aliphatic rings. The molecule has 0 fully saturated rings. The van der Waals surface area contributed by atoms with Crippen LogP contribution < -0.4 is 0 Å². The number of rotatable bonds is 4. The minimum atomic E-state index is -2.96. The van der Waals surface area contributed by atoms with Gasteiger partial charge in [0.15, 0.2) is 0 Å². The third-order valence-corrected chi connectivity index (χ3v) is 0.946. The van der Waals surface area contributed by atoms with Gasteiger partial charge in [-0.2, -0.15) is 0 Å². The Morgan fingerprint density at radius 2 is 2.18 bits per heavy atom. The number of ether oxygens (including phenoxy) is 1. The van der Waals surface area contributed by atoms with E-state index in [1.165, 1.54) is 6.92 Å². The van der Waals surface area contributed by atoms with Crippen molar-refractivity contribution in [2.45, 2.75) is 27.0 Å². The maximum Gasteiger partial charge on any atom is 0.313 e. The van der Waals surface area contributed by atoms with Crippen LogP contribution in [0, 0.1) is 5.92 Å². The summed E-state index contributed by atoms with van der Waals surface area (Å²) in [6.07, 6.45) is -0.838. The van der Waals surface area contributed by atoms with Gasteiger partial charge in [-0.1, -0.05) is 13.7 Å². The van der Waals surface area contributed by atoms with Gasteiger partial charge in [-0.05, 0) is 6.92 Å². The second-order valence-electron chi connectivity index (χ2n) is 1.88. The highest BCUT2D eigenvalue weighted by Crippen LogP contribution is 1.99. The van der Waals surface area contributed by atoms with Crippen molar-refractivity contribution in [3.63, 3.8) is 0 Å². The summed E-state index contributed by atoms with van der Waals surface area (Å²) in [6, 6.07) is 0. The smallest absolute Gasteiger partial charge is 0.313 e. The van der Waals surface area contributed by atoms with Gasteiger partial charge in [-0.15, -0.1) is 0 Å². The highest BCUT2D eigenvalue weighted by molar-refractivity contribution is 5.96. The molecule has 0 aliphatic carbocycles. The summed E-state index contributed by atoms with van der Waals surface area (Å²) >= 11 is 0. The molecule has 0 aromatic rings. The topological polar surface area (TPSA) is 43.4 Å². The molecule has 3 heteroatoms. The average Bonchev–Trinajstić information content (AvgIpc) is 1.96. The number of carbonyl (C=O) groups is 2. The Labute approximate surface area is 75.2 Å². The fraction of sp³-hybridized carbons (Fsp3) is 0.750. The van der Waals surface area contributed by atoms with Gasteiger partial charge >= 0.3 is 5.97 Å². The normalized spacial score (nSPS) is 20.2. The third-order valence-electron chi connectivity index (χ3n) is 0.946. The van der Waals surface area contributed by atoms with Crippen LogP contribution in [0.1, 0.15) is 35.3 Å². The largest absolute Gasteiger partial charge is 0.466 e. The molecule has 0 N–H and O–H groups in total. The first-order chi connectivity index (χ1) is 7.50. The molecule has 0 aromatic heterocycles. The van der Waals surface area contributed by atoms with Crippen molar-refractivity contribution < 1.29 is 22.6 Å². The van der Waals surface area contributed by atoms with E-state index in [0.717, 1.165) is 0 Å². The zero-order chi connectivity index (χ0) is 13.9.